The molecule has 24 heavy (non-hydrogen) atoms. The van der Waals surface area contributed by atoms with Gasteiger partial charge in [0.15, 0.2) is 0 Å². The van der Waals surface area contributed by atoms with E-state index < -0.39 is 0 Å². The van der Waals surface area contributed by atoms with Crippen molar-refractivity contribution in [3.05, 3.63) is 12.2 Å². The number of nitrogens with one attached hydrogen (secondary N) is 1. The molecule has 0 radical (unpaired) electrons. The zero-order valence-corrected chi connectivity index (χ0v) is 13.6. The van der Waals surface area contributed by atoms with Crippen molar-refractivity contribution in [2.75, 3.05) is 32.7 Å². The van der Waals surface area contributed by atoms with Gasteiger partial charge in [0, 0.05) is 51.3 Å². The van der Waals surface area contributed by atoms with Crippen molar-refractivity contribution in [3.8, 4) is 0 Å². The molecule has 0 saturated carbocycles. The van der Waals surface area contributed by atoms with Crippen LogP contribution in [0.4, 0.5) is 4.79 Å². The number of amides is 5. The molecule has 0 unspecified atom stereocenters. The molecule has 2 heterocycles. The molecule has 5 amide bonds. The number of carbonyl (C=O) groups excluding carboxylic acids is 4. The maximum Gasteiger partial charge on any atom is 0.331 e. The van der Waals surface area contributed by atoms with Gasteiger partial charge in [0.25, 0.3) is 11.8 Å². The van der Waals surface area contributed by atoms with Crippen LogP contribution in [0.3, 0.4) is 0 Å². The largest absolute Gasteiger partial charge is 0.339 e. The number of hydrogen-bond acceptors (Lipinski definition) is 5. The highest BCUT2D eigenvalue weighted by Crippen LogP contribution is 2.10. The maximum atomic E-state index is 12.1. The van der Waals surface area contributed by atoms with Gasteiger partial charge in [-0.2, -0.15) is 0 Å². The summed E-state index contributed by atoms with van der Waals surface area (Å²) in [5.74, 6) is 4.61. The van der Waals surface area contributed by atoms with E-state index in [0.717, 1.165) is 6.42 Å². The Kier molecular flexibility index (Phi) is 6.30. The number of hydrazine groups is 1. The van der Waals surface area contributed by atoms with Crippen LogP contribution in [-0.2, 0) is 14.4 Å². The van der Waals surface area contributed by atoms with Gasteiger partial charge in [0.05, 0.1) is 0 Å². The lowest BCUT2D eigenvalue weighted by molar-refractivity contribution is -0.137. The van der Waals surface area contributed by atoms with Gasteiger partial charge in [-0.1, -0.05) is 6.42 Å². The first-order chi connectivity index (χ1) is 11.5. The highest BCUT2D eigenvalue weighted by molar-refractivity contribution is 6.12. The number of rotatable bonds is 6. The van der Waals surface area contributed by atoms with Gasteiger partial charge in [-0.3, -0.25) is 24.7 Å². The van der Waals surface area contributed by atoms with E-state index in [1.54, 1.807) is 9.80 Å². The van der Waals surface area contributed by atoms with Crippen molar-refractivity contribution >= 4 is 23.8 Å². The molecule has 132 valence electrons. The van der Waals surface area contributed by atoms with Crippen LogP contribution in [0.25, 0.3) is 0 Å². The third-order valence-electron chi connectivity index (χ3n) is 4.22. The fraction of sp³-hybridized carbons (Fsp3) is 0.600. The van der Waals surface area contributed by atoms with Gasteiger partial charge in [-0.05, 0) is 12.8 Å². The molecule has 1 saturated heterocycles. The summed E-state index contributed by atoms with van der Waals surface area (Å²) in [4.78, 5) is 50.8. The summed E-state index contributed by atoms with van der Waals surface area (Å²) in [5, 5.41) is 0. The summed E-state index contributed by atoms with van der Waals surface area (Å²) in [6.45, 7) is 2.36. The highest BCUT2D eigenvalue weighted by Gasteiger charge is 2.24. The van der Waals surface area contributed by atoms with Crippen LogP contribution in [0.1, 0.15) is 25.7 Å². The van der Waals surface area contributed by atoms with Crippen molar-refractivity contribution in [2.24, 2.45) is 5.84 Å². The van der Waals surface area contributed by atoms with Crippen molar-refractivity contribution in [1.82, 2.24) is 20.1 Å². The molecule has 0 aliphatic carbocycles. The predicted molar refractivity (Wildman–Crippen MR) is 85.2 cm³/mol. The summed E-state index contributed by atoms with van der Waals surface area (Å²) in [6.07, 6.45) is 5.16. The molecule has 0 aromatic heterocycles. The maximum absolute atomic E-state index is 12.1. The lowest BCUT2D eigenvalue weighted by Crippen LogP contribution is -2.54. The summed E-state index contributed by atoms with van der Waals surface area (Å²) < 4.78 is 0. The van der Waals surface area contributed by atoms with Crippen molar-refractivity contribution in [1.29, 1.82) is 0 Å². The monoisotopic (exact) mass is 337 g/mol. The average molecular weight is 337 g/mol. The Hall–Kier alpha value is -2.42. The van der Waals surface area contributed by atoms with Gasteiger partial charge in [0.2, 0.25) is 5.91 Å². The first kappa shape index (κ1) is 17.9. The first-order valence-electron chi connectivity index (χ1n) is 8.09. The zero-order valence-electron chi connectivity index (χ0n) is 13.6. The third kappa shape index (κ3) is 4.54. The third-order valence-corrected chi connectivity index (χ3v) is 4.22. The molecular formula is C15H23N5O4. The molecule has 3 N–H and O–H groups in total. The zero-order chi connectivity index (χ0) is 17.5. The summed E-state index contributed by atoms with van der Waals surface area (Å²) in [6, 6.07) is -0.331. The Bertz CT molecular complexity index is 522. The molecule has 0 aromatic carbocycles. The number of imide groups is 1. The van der Waals surface area contributed by atoms with E-state index in [-0.39, 0.29) is 23.8 Å². The fourth-order valence-corrected chi connectivity index (χ4v) is 2.78. The van der Waals surface area contributed by atoms with E-state index in [2.05, 4.69) is 5.43 Å². The molecule has 0 spiro atoms. The Morgan fingerprint density at radius 3 is 2.12 bits per heavy atom. The van der Waals surface area contributed by atoms with Crippen LogP contribution < -0.4 is 11.3 Å². The minimum atomic E-state index is -0.331. The smallest absolute Gasteiger partial charge is 0.331 e. The summed E-state index contributed by atoms with van der Waals surface area (Å²) in [7, 11) is 0. The van der Waals surface area contributed by atoms with Crippen molar-refractivity contribution < 1.29 is 19.2 Å². The quantitative estimate of drug-likeness (QED) is 0.216. The number of unbranched alkanes of at least 4 members (excludes halogenated alkanes) is 2. The van der Waals surface area contributed by atoms with E-state index in [9.17, 15) is 19.2 Å². The van der Waals surface area contributed by atoms with Crippen LogP contribution in [0.15, 0.2) is 12.2 Å². The molecular weight excluding hydrogens is 314 g/mol. The molecule has 2 rings (SSSR count). The second-order valence-electron chi connectivity index (χ2n) is 5.79. The minimum Gasteiger partial charge on any atom is -0.339 e. The van der Waals surface area contributed by atoms with Gasteiger partial charge in [-0.25, -0.2) is 10.6 Å². The minimum absolute atomic E-state index is 0.0674. The highest BCUT2D eigenvalue weighted by atomic mass is 16.2. The van der Waals surface area contributed by atoms with Gasteiger partial charge < -0.3 is 9.80 Å². The molecule has 0 aromatic rings. The molecule has 2 aliphatic heterocycles. The summed E-state index contributed by atoms with van der Waals surface area (Å²) in [5.41, 5.74) is 2.08. The average Bonchev–Trinajstić information content (AvgIpc) is 2.92. The second kappa shape index (κ2) is 8.44. The standard InChI is InChI=1S/C15H23N5O4/c16-17-15(24)19-10-8-18(9-11-19)12(21)4-2-1-3-7-20-13(22)5-6-14(20)23/h5-6H,1-4,7-11,16H2,(H,17,24). The van der Waals surface area contributed by atoms with E-state index in [1.165, 1.54) is 17.1 Å². The molecule has 9 nitrogen and oxygen atoms in total. The normalized spacial score (nSPS) is 17.6. The lowest BCUT2D eigenvalue weighted by atomic mass is 10.1. The van der Waals surface area contributed by atoms with Crippen LogP contribution in [0.5, 0.6) is 0 Å². The Labute approximate surface area is 140 Å². The Morgan fingerprint density at radius 1 is 0.958 bits per heavy atom. The van der Waals surface area contributed by atoms with Crippen molar-refractivity contribution in [3.63, 3.8) is 0 Å². The SMILES string of the molecule is NNC(=O)N1CCN(C(=O)CCCCCN2C(=O)C=CC2=O)CC1. The number of piperazine rings is 1. The second-order valence-corrected chi connectivity index (χ2v) is 5.79. The van der Waals surface area contributed by atoms with E-state index in [1.807, 2.05) is 0 Å². The van der Waals surface area contributed by atoms with Crippen LogP contribution >= 0.6 is 0 Å². The fourth-order valence-electron chi connectivity index (χ4n) is 2.78. The van der Waals surface area contributed by atoms with Crippen LogP contribution in [-0.4, -0.2) is 71.2 Å². The number of nitrogens with zero attached hydrogens (tertiary/aromatic N) is 3. The number of hydrogen-bond donors (Lipinski definition) is 2. The molecule has 9 heteroatoms. The Balaban J connectivity index is 1.58. The molecule has 1 fully saturated rings. The van der Waals surface area contributed by atoms with Gasteiger partial charge in [0.1, 0.15) is 0 Å². The number of carbonyl (C=O) groups is 4. The first-order valence-corrected chi connectivity index (χ1v) is 8.09. The van der Waals surface area contributed by atoms with Crippen LogP contribution in [0.2, 0.25) is 0 Å². The van der Waals surface area contributed by atoms with Crippen molar-refractivity contribution in [2.45, 2.75) is 25.7 Å². The molecule has 0 atom stereocenters. The van der Waals surface area contributed by atoms with Crippen LogP contribution in [0, 0.1) is 0 Å². The van der Waals surface area contributed by atoms with E-state index in [4.69, 9.17) is 5.84 Å². The van der Waals surface area contributed by atoms with E-state index >= 15 is 0 Å². The van der Waals surface area contributed by atoms with Gasteiger partial charge >= 0.3 is 6.03 Å². The lowest BCUT2D eigenvalue weighted by Gasteiger charge is -2.34. The number of nitrogens with two attached hydrogens (primary N) is 1. The number of urea groups is 1. The Morgan fingerprint density at radius 2 is 1.54 bits per heavy atom. The topological polar surface area (TPSA) is 116 Å². The predicted octanol–water partition coefficient (Wildman–Crippen LogP) is -0.801. The summed E-state index contributed by atoms with van der Waals surface area (Å²) >= 11 is 0. The van der Waals surface area contributed by atoms with Gasteiger partial charge in [-0.15, -0.1) is 0 Å². The molecule has 2 aliphatic rings. The van der Waals surface area contributed by atoms with E-state index in [0.29, 0.717) is 52.0 Å². The molecule has 0 bridgehead atoms.